The van der Waals surface area contributed by atoms with Gasteiger partial charge in [-0.2, -0.15) is 5.10 Å². The smallest absolute Gasteiger partial charge is 0.359 e. The van der Waals surface area contributed by atoms with E-state index in [1.165, 1.54) is 0 Å². The Morgan fingerprint density at radius 2 is 1.57 bits per heavy atom. The summed E-state index contributed by atoms with van der Waals surface area (Å²) in [5.74, 6) is -1.86. The van der Waals surface area contributed by atoms with Crippen LogP contribution in [-0.2, 0) is 9.53 Å². The van der Waals surface area contributed by atoms with E-state index in [-0.39, 0.29) is 34.3 Å². The molecule has 3 aromatic carbocycles. The number of carbonyl (C=O) groups is 3. The quantitative estimate of drug-likeness (QED) is 0.356. The normalized spacial score (nSPS) is 11.5. The van der Waals surface area contributed by atoms with E-state index < -0.39 is 24.0 Å². The van der Waals surface area contributed by atoms with Crippen LogP contribution >= 0.6 is 0 Å². The molecule has 0 saturated carbocycles. The maximum atomic E-state index is 12.8. The highest BCUT2D eigenvalue weighted by molar-refractivity contribution is 6.05. The zero-order valence-corrected chi connectivity index (χ0v) is 18.8. The molecular weight excluding hydrogens is 448 g/mol. The summed E-state index contributed by atoms with van der Waals surface area (Å²) < 4.78 is 5.10. The van der Waals surface area contributed by atoms with E-state index in [1.807, 2.05) is 37.3 Å². The minimum Gasteiger partial charge on any atom is -0.451 e. The number of carbonyl (C=O) groups excluding carboxylic acids is 3. The van der Waals surface area contributed by atoms with Gasteiger partial charge in [0.15, 0.2) is 12.3 Å². The molecule has 4 aromatic rings. The van der Waals surface area contributed by atoms with Crippen molar-refractivity contribution in [1.82, 2.24) is 15.5 Å². The fourth-order valence-electron chi connectivity index (χ4n) is 3.55. The van der Waals surface area contributed by atoms with Gasteiger partial charge in [0.1, 0.15) is 0 Å². The van der Waals surface area contributed by atoms with E-state index in [0.717, 1.165) is 5.56 Å². The molecular formula is C26H22N4O5. The highest BCUT2D eigenvalue weighted by Crippen LogP contribution is 2.18. The summed E-state index contributed by atoms with van der Waals surface area (Å²) in [5, 5.41) is 12.1. The number of ether oxygens (including phenoxy) is 1. The molecule has 0 bridgehead atoms. The van der Waals surface area contributed by atoms with Gasteiger partial charge >= 0.3 is 5.97 Å². The van der Waals surface area contributed by atoms with Gasteiger partial charge in [0, 0.05) is 5.39 Å². The first kappa shape index (κ1) is 23.4. The molecule has 1 heterocycles. The van der Waals surface area contributed by atoms with Gasteiger partial charge in [0.25, 0.3) is 17.4 Å². The van der Waals surface area contributed by atoms with Crippen molar-refractivity contribution in [2.45, 2.75) is 13.0 Å². The molecule has 0 fully saturated rings. The summed E-state index contributed by atoms with van der Waals surface area (Å²) in [6.45, 7) is 1.26. The molecule has 0 aliphatic carbocycles. The topological polar surface area (TPSA) is 130 Å². The molecule has 0 radical (unpaired) electrons. The summed E-state index contributed by atoms with van der Waals surface area (Å²) in [5.41, 5.74) is 0.939. The number of benzene rings is 3. The van der Waals surface area contributed by atoms with Crippen LogP contribution in [0.4, 0.5) is 5.69 Å². The second kappa shape index (κ2) is 10.4. The highest BCUT2D eigenvalue weighted by Gasteiger charge is 2.19. The van der Waals surface area contributed by atoms with Crippen LogP contribution in [0.1, 0.15) is 39.4 Å². The van der Waals surface area contributed by atoms with Crippen molar-refractivity contribution in [2.75, 3.05) is 11.9 Å². The van der Waals surface area contributed by atoms with Crippen LogP contribution in [0.2, 0.25) is 0 Å². The molecule has 0 unspecified atom stereocenters. The van der Waals surface area contributed by atoms with Gasteiger partial charge in [-0.25, -0.2) is 9.89 Å². The molecule has 9 nitrogen and oxygen atoms in total. The van der Waals surface area contributed by atoms with Crippen molar-refractivity contribution in [1.29, 1.82) is 0 Å². The van der Waals surface area contributed by atoms with Crippen LogP contribution < -0.4 is 16.2 Å². The number of amides is 2. The van der Waals surface area contributed by atoms with E-state index in [4.69, 9.17) is 4.74 Å². The van der Waals surface area contributed by atoms with Crippen molar-refractivity contribution >= 4 is 34.2 Å². The second-order valence-electron chi connectivity index (χ2n) is 7.72. The van der Waals surface area contributed by atoms with Crippen molar-refractivity contribution in [3.8, 4) is 0 Å². The number of fused-ring (bicyclic) bond motifs is 1. The molecule has 2 amide bonds. The molecule has 3 N–H and O–H groups in total. The van der Waals surface area contributed by atoms with Gasteiger partial charge in [0.2, 0.25) is 0 Å². The SMILES string of the molecule is C[C@H](NC(=O)c1ccccc1NC(=O)COC(=O)c1n[nH]c(=O)c2ccccc12)c1ccccc1. The first-order chi connectivity index (χ1) is 16.9. The molecule has 1 aromatic heterocycles. The van der Waals surface area contributed by atoms with Crippen molar-refractivity contribution in [3.05, 3.63) is 106 Å². The van der Waals surface area contributed by atoms with Gasteiger partial charge in [0.05, 0.1) is 22.7 Å². The average molecular weight is 470 g/mol. The Morgan fingerprint density at radius 1 is 0.914 bits per heavy atom. The molecule has 9 heteroatoms. The van der Waals surface area contributed by atoms with E-state index in [1.54, 1.807) is 48.5 Å². The Kier molecular flexibility index (Phi) is 6.96. The van der Waals surface area contributed by atoms with Crippen LogP contribution in [0.25, 0.3) is 10.8 Å². The highest BCUT2D eigenvalue weighted by atomic mass is 16.5. The monoisotopic (exact) mass is 470 g/mol. The molecule has 0 aliphatic heterocycles. The fraction of sp³-hybridized carbons (Fsp3) is 0.115. The Morgan fingerprint density at radius 3 is 2.34 bits per heavy atom. The van der Waals surface area contributed by atoms with E-state index in [9.17, 15) is 19.2 Å². The van der Waals surface area contributed by atoms with Crippen LogP contribution in [0.5, 0.6) is 0 Å². The number of H-pyrrole nitrogens is 1. The van der Waals surface area contributed by atoms with Gasteiger partial charge in [-0.05, 0) is 30.7 Å². The van der Waals surface area contributed by atoms with Gasteiger partial charge in [-0.1, -0.05) is 60.7 Å². The summed E-state index contributed by atoms with van der Waals surface area (Å²) in [6, 6.07) is 22.2. The number of aromatic amines is 1. The van der Waals surface area contributed by atoms with Crippen molar-refractivity contribution < 1.29 is 19.1 Å². The molecule has 35 heavy (non-hydrogen) atoms. The number of aromatic nitrogens is 2. The van der Waals surface area contributed by atoms with E-state index in [0.29, 0.717) is 5.39 Å². The third-order valence-corrected chi connectivity index (χ3v) is 5.32. The standard InChI is InChI=1S/C26H22N4O5/c1-16(17-9-3-2-4-10-17)27-24(32)20-13-7-8-14-21(20)28-22(31)15-35-26(34)23-18-11-5-6-12-19(18)25(33)30-29-23/h2-14,16H,15H2,1H3,(H,27,32)(H,28,31)(H,30,33)/t16-/m0/s1. The minimum atomic E-state index is -0.865. The van der Waals surface area contributed by atoms with E-state index in [2.05, 4.69) is 20.8 Å². The Hall–Kier alpha value is -4.79. The van der Waals surface area contributed by atoms with Gasteiger partial charge in [-0.15, -0.1) is 0 Å². The van der Waals surface area contributed by atoms with Crippen molar-refractivity contribution in [2.24, 2.45) is 0 Å². The number of nitrogens with zero attached hydrogens (tertiary/aromatic N) is 1. The largest absolute Gasteiger partial charge is 0.451 e. The van der Waals surface area contributed by atoms with Crippen molar-refractivity contribution in [3.63, 3.8) is 0 Å². The zero-order valence-electron chi connectivity index (χ0n) is 18.8. The summed E-state index contributed by atoms with van der Waals surface area (Å²) in [7, 11) is 0. The Balaban J connectivity index is 1.41. The van der Waals surface area contributed by atoms with Crippen LogP contribution in [0.3, 0.4) is 0 Å². The predicted molar refractivity (Wildman–Crippen MR) is 130 cm³/mol. The molecule has 0 saturated heterocycles. The lowest BCUT2D eigenvalue weighted by Gasteiger charge is -2.16. The van der Waals surface area contributed by atoms with Crippen LogP contribution in [0.15, 0.2) is 83.7 Å². The van der Waals surface area contributed by atoms with Crippen LogP contribution in [-0.4, -0.2) is 34.6 Å². The minimum absolute atomic E-state index is 0.109. The summed E-state index contributed by atoms with van der Waals surface area (Å²) >= 11 is 0. The molecule has 4 rings (SSSR count). The second-order valence-corrected chi connectivity index (χ2v) is 7.72. The molecule has 0 aliphatic rings. The molecule has 176 valence electrons. The lowest BCUT2D eigenvalue weighted by molar-refractivity contribution is -0.119. The maximum absolute atomic E-state index is 12.8. The third kappa shape index (κ3) is 5.41. The number of para-hydroxylation sites is 1. The lowest BCUT2D eigenvalue weighted by atomic mass is 10.1. The number of anilines is 1. The number of nitrogens with one attached hydrogen (secondary N) is 3. The number of esters is 1. The summed E-state index contributed by atoms with van der Waals surface area (Å²) in [4.78, 5) is 49.7. The van der Waals surface area contributed by atoms with E-state index >= 15 is 0 Å². The predicted octanol–water partition coefficient (Wildman–Crippen LogP) is 3.21. The molecule has 1 atom stereocenters. The third-order valence-electron chi connectivity index (χ3n) is 5.32. The first-order valence-corrected chi connectivity index (χ1v) is 10.8. The Labute approximate surface area is 200 Å². The number of hydrogen-bond donors (Lipinski definition) is 3. The molecule has 0 spiro atoms. The first-order valence-electron chi connectivity index (χ1n) is 10.8. The van der Waals surface area contributed by atoms with Gasteiger partial charge in [-0.3, -0.25) is 14.4 Å². The van der Waals surface area contributed by atoms with Gasteiger partial charge < -0.3 is 15.4 Å². The fourth-order valence-corrected chi connectivity index (χ4v) is 3.55. The maximum Gasteiger partial charge on any atom is 0.359 e. The lowest BCUT2D eigenvalue weighted by Crippen LogP contribution is -2.28. The summed E-state index contributed by atoms with van der Waals surface area (Å²) in [6.07, 6.45) is 0. The Bertz CT molecular complexity index is 1450. The van der Waals surface area contributed by atoms with Crippen LogP contribution in [0, 0.1) is 0 Å². The average Bonchev–Trinajstić information content (AvgIpc) is 2.88. The zero-order chi connectivity index (χ0) is 24.8. The number of hydrogen-bond acceptors (Lipinski definition) is 6. The number of rotatable bonds is 7.